The molecule has 1 unspecified atom stereocenters. The minimum atomic E-state index is -0.123. The summed E-state index contributed by atoms with van der Waals surface area (Å²) < 4.78 is 5.96. The molecule has 1 aliphatic heterocycles. The molecule has 6 nitrogen and oxygen atoms in total. The second kappa shape index (κ2) is 11.7. The van der Waals surface area contributed by atoms with Crippen LogP contribution in [0.25, 0.3) is 11.0 Å². The second-order valence-corrected chi connectivity index (χ2v) is 8.30. The van der Waals surface area contributed by atoms with Crippen LogP contribution in [-0.2, 0) is 13.1 Å². The number of aliphatic imine (C=N–C) groups is 1. The van der Waals surface area contributed by atoms with E-state index in [-0.39, 0.29) is 36.1 Å². The number of likely N-dealkylation sites (tertiary alicyclic amines) is 1. The summed E-state index contributed by atoms with van der Waals surface area (Å²) >= 11 is 0. The fourth-order valence-electron chi connectivity index (χ4n) is 3.97. The van der Waals surface area contributed by atoms with Gasteiger partial charge in [0, 0.05) is 38.6 Å². The molecule has 32 heavy (non-hydrogen) atoms. The molecule has 0 radical (unpaired) electrons. The van der Waals surface area contributed by atoms with Crippen molar-refractivity contribution in [1.82, 2.24) is 15.5 Å². The number of benzene rings is 2. The number of furan rings is 1. The van der Waals surface area contributed by atoms with E-state index in [0.717, 1.165) is 55.2 Å². The third-order valence-corrected chi connectivity index (χ3v) is 5.89. The van der Waals surface area contributed by atoms with Gasteiger partial charge in [0.1, 0.15) is 11.3 Å². The van der Waals surface area contributed by atoms with Gasteiger partial charge in [-0.05, 0) is 43.0 Å². The number of aliphatic hydroxyl groups excluding tert-OH is 1. The van der Waals surface area contributed by atoms with E-state index < -0.39 is 0 Å². The Labute approximate surface area is 207 Å². The minimum Gasteiger partial charge on any atom is -0.459 e. The maximum Gasteiger partial charge on any atom is 0.191 e. The molecule has 1 saturated heterocycles. The Bertz CT molecular complexity index is 977. The number of rotatable bonds is 6. The molecule has 7 heteroatoms. The zero-order valence-electron chi connectivity index (χ0n) is 18.8. The average Bonchev–Trinajstić information content (AvgIpc) is 3.23. The first-order valence-electron chi connectivity index (χ1n) is 11.0. The van der Waals surface area contributed by atoms with E-state index in [4.69, 9.17) is 4.42 Å². The van der Waals surface area contributed by atoms with E-state index in [1.165, 1.54) is 11.1 Å². The first kappa shape index (κ1) is 24.5. The lowest BCUT2D eigenvalue weighted by Gasteiger charge is -2.29. The van der Waals surface area contributed by atoms with Gasteiger partial charge in [-0.25, -0.2) is 0 Å². The maximum atomic E-state index is 9.65. The van der Waals surface area contributed by atoms with Gasteiger partial charge in [0.2, 0.25) is 0 Å². The normalized spacial score (nSPS) is 16.5. The van der Waals surface area contributed by atoms with E-state index in [0.29, 0.717) is 6.54 Å². The molecule has 1 aliphatic rings. The Balaban J connectivity index is 0.00000289. The Kier molecular flexibility index (Phi) is 8.95. The summed E-state index contributed by atoms with van der Waals surface area (Å²) in [4.78, 5) is 6.76. The number of piperidine rings is 1. The molecular formula is C25H33IN4O2. The number of para-hydroxylation sites is 1. The Morgan fingerprint density at radius 1 is 1.12 bits per heavy atom. The highest BCUT2D eigenvalue weighted by Gasteiger charge is 2.17. The molecule has 0 aliphatic carbocycles. The topological polar surface area (TPSA) is 73.0 Å². The number of hydrogen-bond acceptors (Lipinski definition) is 4. The van der Waals surface area contributed by atoms with Crippen LogP contribution >= 0.6 is 24.0 Å². The summed E-state index contributed by atoms with van der Waals surface area (Å²) in [5.74, 6) is 1.63. The Hall–Kier alpha value is -2.10. The summed E-state index contributed by atoms with van der Waals surface area (Å²) in [6.07, 6.45) is 1.63. The van der Waals surface area contributed by atoms with E-state index >= 15 is 0 Å². The fourth-order valence-corrected chi connectivity index (χ4v) is 3.97. The molecule has 1 aromatic heterocycles. The van der Waals surface area contributed by atoms with Crippen molar-refractivity contribution in [2.24, 2.45) is 4.99 Å². The van der Waals surface area contributed by atoms with Gasteiger partial charge < -0.3 is 20.2 Å². The molecule has 0 spiro atoms. The van der Waals surface area contributed by atoms with Crippen LogP contribution in [0.1, 0.15) is 42.7 Å². The van der Waals surface area contributed by atoms with E-state index in [2.05, 4.69) is 63.8 Å². The summed E-state index contributed by atoms with van der Waals surface area (Å²) in [7, 11) is 1.78. The zero-order chi connectivity index (χ0) is 21.6. The van der Waals surface area contributed by atoms with Gasteiger partial charge in [0.15, 0.2) is 5.96 Å². The average molecular weight is 548 g/mol. The first-order chi connectivity index (χ1) is 15.1. The maximum absolute atomic E-state index is 9.65. The highest BCUT2D eigenvalue weighted by Crippen LogP contribution is 2.23. The van der Waals surface area contributed by atoms with Gasteiger partial charge >= 0.3 is 0 Å². The molecule has 4 rings (SSSR count). The van der Waals surface area contributed by atoms with Crippen LogP contribution < -0.4 is 10.6 Å². The van der Waals surface area contributed by atoms with Crippen molar-refractivity contribution in [3.63, 3.8) is 0 Å². The number of nitrogens with one attached hydrogen (secondary N) is 2. The largest absolute Gasteiger partial charge is 0.459 e. The number of hydrogen-bond donors (Lipinski definition) is 3. The van der Waals surface area contributed by atoms with Crippen molar-refractivity contribution < 1.29 is 9.52 Å². The van der Waals surface area contributed by atoms with Gasteiger partial charge in [0.05, 0.1) is 12.1 Å². The van der Waals surface area contributed by atoms with Crippen LogP contribution in [0.5, 0.6) is 0 Å². The summed E-state index contributed by atoms with van der Waals surface area (Å²) in [5, 5.41) is 17.5. The molecule has 2 heterocycles. The summed E-state index contributed by atoms with van der Waals surface area (Å²) in [6, 6.07) is 18.8. The van der Waals surface area contributed by atoms with Crippen molar-refractivity contribution in [3.8, 4) is 0 Å². The Morgan fingerprint density at radius 3 is 2.50 bits per heavy atom. The molecular weight excluding hydrogens is 515 g/mol. The first-order valence-corrected chi connectivity index (χ1v) is 11.0. The van der Waals surface area contributed by atoms with Crippen molar-refractivity contribution in [2.45, 2.75) is 45.0 Å². The number of fused-ring (bicyclic) bond motifs is 1. The van der Waals surface area contributed by atoms with Crippen LogP contribution in [0.2, 0.25) is 0 Å². The van der Waals surface area contributed by atoms with Crippen molar-refractivity contribution >= 4 is 40.9 Å². The van der Waals surface area contributed by atoms with Gasteiger partial charge in [-0.15, -0.1) is 24.0 Å². The zero-order valence-corrected chi connectivity index (χ0v) is 21.1. The third-order valence-electron chi connectivity index (χ3n) is 5.89. The number of guanidine groups is 1. The molecule has 0 amide bonds. The Morgan fingerprint density at radius 2 is 1.81 bits per heavy atom. The van der Waals surface area contributed by atoms with Crippen LogP contribution in [0, 0.1) is 0 Å². The highest BCUT2D eigenvalue weighted by atomic mass is 127. The molecule has 0 bridgehead atoms. The summed E-state index contributed by atoms with van der Waals surface area (Å²) in [6.45, 7) is 5.64. The van der Waals surface area contributed by atoms with Gasteiger partial charge in [-0.2, -0.15) is 0 Å². The van der Waals surface area contributed by atoms with Gasteiger partial charge in [-0.1, -0.05) is 42.5 Å². The fraction of sp³-hybridized carbons (Fsp3) is 0.400. The van der Waals surface area contributed by atoms with Gasteiger partial charge in [-0.3, -0.25) is 9.89 Å². The summed E-state index contributed by atoms with van der Waals surface area (Å²) in [5.41, 5.74) is 3.41. The number of nitrogens with zero attached hydrogens (tertiary/aromatic N) is 2. The standard InChI is InChI=1S/C25H32N4O2.HI/c1-18(24-15-21-5-3-4-6-23(21)31-24)28-25(26-2)27-16-19-7-9-20(10-8-19)17-29-13-11-22(30)12-14-29;/h3-10,15,18,22,30H,11-14,16-17H2,1-2H3,(H2,26,27,28);1H. The molecule has 172 valence electrons. The lowest BCUT2D eigenvalue weighted by atomic mass is 10.1. The monoisotopic (exact) mass is 548 g/mol. The van der Waals surface area contributed by atoms with E-state index in [1.807, 2.05) is 18.2 Å². The van der Waals surface area contributed by atoms with Crippen LogP contribution in [-0.4, -0.2) is 42.2 Å². The van der Waals surface area contributed by atoms with Crippen LogP contribution in [0.4, 0.5) is 0 Å². The van der Waals surface area contributed by atoms with E-state index in [1.54, 1.807) is 7.05 Å². The predicted molar refractivity (Wildman–Crippen MR) is 140 cm³/mol. The lowest BCUT2D eigenvalue weighted by Crippen LogP contribution is -2.38. The molecule has 1 atom stereocenters. The lowest BCUT2D eigenvalue weighted by molar-refractivity contribution is 0.0792. The third kappa shape index (κ3) is 6.46. The number of halogens is 1. The predicted octanol–water partition coefficient (Wildman–Crippen LogP) is 4.43. The van der Waals surface area contributed by atoms with Crippen molar-refractivity contribution in [2.75, 3.05) is 20.1 Å². The van der Waals surface area contributed by atoms with Crippen molar-refractivity contribution in [1.29, 1.82) is 0 Å². The van der Waals surface area contributed by atoms with Gasteiger partial charge in [0.25, 0.3) is 0 Å². The quantitative estimate of drug-likeness (QED) is 0.242. The van der Waals surface area contributed by atoms with Crippen LogP contribution in [0.3, 0.4) is 0 Å². The second-order valence-electron chi connectivity index (χ2n) is 8.30. The smallest absolute Gasteiger partial charge is 0.191 e. The molecule has 0 saturated carbocycles. The minimum absolute atomic E-state index is 0. The van der Waals surface area contributed by atoms with E-state index in [9.17, 15) is 5.11 Å². The molecule has 3 aromatic rings. The van der Waals surface area contributed by atoms with Crippen LogP contribution in [0.15, 0.2) is 64.0 Å². The van der Waals surface area contributed by atoms with Crippen molar-refractivity contribution in [3.05, 3.63) is 71.5 Å². The SMILES string of the molecule is CN=C(NCc1ccc(CN2CCC(O)CC2)cc1)NC(C)c1cc2ccccc2o1.I. The molecule has 2 aromatic carbocycles. The highest BCUT2D eigenvalue weighted by molar-refractivity contribution is 14.0. The number of aliphatic hydroxyl groups is 1. The molecule has 1 fully saturated rings. The molecule has 3 N–H and O–H groups in total.